The maximum absolute atomic E-state index is 4.54. The molecule has 2 aliphatic rings. The Morgan fingerprint density at radius 3 is 2.23 bits per heavy atom. The third-order valence-corrected chi connectivity index (χ3v) is 4.87. The zero-order valence-corrected chi connectivity index (χ0v) is 12.8. The molecule has 4 rings (SSSR count). The summed E-state index contributed by atoms with van der Waals surface area (Å²) in [5, 5.41) is 6.88. The molecule has 2 heterocycles. The maximum atomic E-state index is 4.54. The first kappa shape index (κ1) is 13.7. The van der Waals surface area contributed by atoms with Crippen molar-refractivity contribution in [1.82, 2.24) is 15.3 Å². The van der Waals surface area contributed by atoms with E-state index < -0.39 is 0 Å². The third kappa shape index (κ3) is 2.83. The maximum Gasteiger partial charge on any atom is 0.222 e. The average Bonchev–Trinajstić information content (AvgIpc) is 2.98. The highest BCUT2D eigenvalue weighted by molar-refractivity contribution is 5.38. The number of anilines is 1. The summed E-state index contributed by atoms with van der Waals surface area (Å²) in [6.07, 6.45) is 8.52. The Morgan fingerprint density at radius 1 is 0.955 bits per heavy atom. The van der Waals surface area contributed by atoms with Gasteiger partial charge in [0.05, 0.1) is 0 Å². The number of nitrogens with one attached hydrogen (secondary N) is 2. The van der Waals surface area contributed by atoms with Gasteiger partial charge in [0.25, 0.3) is 0 Å². The molecule has 0 spiro atoms. The lowest BCUT2D eigenvalue weighted by Gasteiger charge is -2.22. The molecule has 0 radical (unpaired) electrons. The molecule has 2 N–H and O–H groups in total. The molecule has 1 aromatic heterocycles. The van der Waals surface area contributed by atoms with E-state index in [1.165, 1.54) is 29.5 Å². The largest absolute Gasteiger partial charge is 0.351 e. The molecular weight excluding hydrogens is 272 g/mol. The topological polar surface area (TPSA) is 49.8 Å². The molecular formula is C18H22N4. The van der Waals surface area contributed by atoms with Gasteiger partial charge in [-0.3, -0.25) is 0 Å². The van der Waals surface area contributed by atoms with Crippen molar-refractivity contribution in [2.24, 2.45) is 0 Å². The molecule has 1 saturated heterocycles. The van der Waals surface area contributed by atoms with Gasteiger partial charge in [-0.2, -0.15) is 0 Å². The van der Waals surface area contributed by atoms with Crippen LogP contribution in [-0.4, -0.2) is 29.1 Å². The molecule has 1 aliphatic carbocycles. The number of rotatable bonds is 3. The summed E-state index contributed by atoms with van der Waals surface area (Å²) in [4.78, 5) is 9.08. The smallest absolute Gasteiger partial charge is 0.222 e. The number of nitrogens with zero attached hydrogens (tertiary/aromatic N) is 2. The molecule has 1 fully saturated rings. The lowest BCUT2D eigenvalue weighted by Crippen LogP contribution is -2.27. The molecule has 0 saturated carbocycles. The zero-order valence-electron chi connectivity index (χ0n) is 12.8. The first-order valence-corrected chi connectivity index (χ1v) is 8.24. The molecule has 0 atom stereocenters. The number of hydrogen-bond acceptors (Lipinski definition) is 4. The predicted octanol–water partition coefficient (Wildman–Crippen LogP) is 2.52. The van der Waals surface area contributed by atoms with Gasteiger partial charge in [0.15, 0.2) is 0 Å². The number of fused-ring (bicyclic) bond motifs is 1. The van der Waals surface area contributed by atoms with Crippen molar-refractivity contribution in [1.29, 1.82) is 0 Å². The molecule has 1 aliphatic heterocycles. The fourth-order valence-corrected chi connectivity index (χ4v) is 3.62. The van der Waals surface area contributed by atoms with Crippen molar-refractivity contribution < 1.29 is 0 Å². The van der Waals surface area contributed by atoms with Crippen LogP contribution in [0.4, 0.5) is 5.95 Å². The van der Waals surface area contributed by atoms with Gasteiger partial charge in [-0.1, -0.05) is 24.3 Å². The highest BCUT2D eigenvalue weighted by Crippen LogP contribution is 2.25. The number of benzene rings is 1. The Morgan fingerprint density at radius 2 is 1.59 bits per heavy atom. The summed E-state index contributed by atoms with van der Waals surface area (Å²) in [5.41, 5.74) is 4.18. The standard InChI is InChI=1S/C18H22N4/c1-2-4-15-10-17(9-14(15)3-1)22-18-20-11-16(12-21-18)13-5-7-19-8-6-13/h1-4,11-13,17,19H,5-10H2,(H,20,21,22). The summed E-state index contributed by atoms with van der Waals surface area (Å²) < 4.78 is 0. The zero-order chi connectivity index (χ0) is 14.8. The molecule has 1 aromatic carbocycles. The van der Waals surface area contributed by atoms with Crippen LogP contribution in [0.25, 0.3) is 0 Å². The van der Waals surface area contributed by atoms with Gasteiger partial charge in [-0.15, -0.1) is 0 Å². The predicted molar refractivity (Wildman–Crippen MR) is 88.1 cm³/mol. The molecule has 22 heavy (non-hydrogen) atoms. The Labute approximate surface area is 131 Å². The quantitative estimate of drug-likeness (QED) is 0.913. The Hall–Kier alpha value is -1.94. The van der Waals surface area contributed by atoms with Gasteiger partial charge in [0.2, 0.25) is 5.95 Å². The van der Waals surface area contributed by atoms with Gasteiger partial charge in [0, 0.05) is 18.4 Å². The monoisotopic (exact) mass is 294 g/mol. The fourth-order valence-electron chi connectivity index (χ4n) is 3.62. The summed E-state index contributed by atoms with van der Waals surface area (Å²) >= 11 is 0. The Kier molecular flexibility index (Phi) is 3.77. The van der Waals surface area contributed by atoms with Crippen molar-refractivity contribution in [3.8, 4) is 0 Å². The van der Waals surface area contributed by atoms with Gasteiger partial charge >= 0.3 is 0 Å². The van der Waals surface area contributed by atoms with Crippen LogP contribution in [0.3, 0.4) is 0 Å². The van der Waals surface area contributed by atoms with E-state index in [0.29, 0.717) is 12.0 Å². The van der Waals surface area contributed by atoms with Crippen LogP contribution in [0.2, 0.25) is 0 Å². The average molecular weight is 294 g/mol. The van der Waals surface area contributed by atoms with Crippen LogP contribution in [0.15, 0.2) is 36.7 Å². The molecule has 2 aromatic rings. The fraction of sp³-hybridized carbons (Fsp3) is 0.444. The minimum absolute atomic E-state index is 0.419. The van der Waals surface area contributed by atoms with Gasteiger partial charge in [-0.05, 0) is 61.4 Å². The lowest BCUT2D eigenvalue weighted by atomic mass is 9.92. The van der Waals surface area contributed by atoms with Crippen LogP contribution in [-0.2, 0) is 12.8 Å². The van der Waals surface area contributed by atoms with Crippen LogP contribution >= 0.6 is 0 Å². The van der Waals surface area contributed by atoms with Crippen molar-refractivity contribution in [2.45, 2.75) is 37.6 Å². The summed E-state index contributed by atoms with van der Waals surface area (Å²) in [6, 6.07) is 9.09. The van der Waals surface area contributed by atoms with Gasteiger partial charge in [-0.25, -0.2) is 9.97 Å². The van der Waals surface area contributed by atoms with E-state index in [9.17, 15) is 0 Å². The van der Waals surface area contributed by atoms with Crippen LogP contribution in [0.5, 0.6) is 0 Å². The second-order valence-corrected chi connectivity index (χ2v) is 6.38. The highest BCUT2D eigenvalue weighted by Gasteiger charge is 2.21. The molecule has 4 nitrogen and oxygen atoms in total. The van der Waals surface area contributed by atoms with E-state index in [1.54, 1.807) is 0 Å². The first-order chi connectivity index (χ1) is 10.9. The second-order valence-electron chi connectivity index (χ2n) is 6.38. The van der Waals surface area contributed by atoms with E-state index in [2.05, 4.69) is 44.9 Å². The Balaban J connectivity index is 1.40. The normalized spacial score (nSPS) is 19.1. The summed E-state index contributed by atoms with van der Waals surface area (Å²) in [7, 11) is 0. The molecule has 4 heteroatoms. The number of aromatic nitrogens is 2. The Bertz CT molecular complexity index is 607. The van der Waals surface area contributed by atoms with Gasteiger partial charge < -0.3 is 10.6 Å². The van der Waals surface area contributed by atoms with E-state index in [4.69, 9.17) is 0 Å². The molecule has 0 unspecified atom stereocenters. The SMILES string of the molecule is c1ccc2c(c1)CC(Nc1ncc(C3CCNCC3)cn1)C2. The van der Waals surface area contributed by atoms with E-state index in [1.807, 2.05) is 12.4 Å². The van der Waals surface area contributed by atoms with Crippen LogP contribution < -0.4 is 10.6 Å². The number of hydrogen-bond donors (Lipinski definition) is 2. The van der Waals surface area contributed by atoms with Crippen molar-refractivity contribution in [2.75, 3.05) is 18.4 Å². The van der Waals surface area contributed by atoms with E-state index >= 15 is 0 Å². The van der Waals surface area contributed by atoms with Crippen molar-refractivity contribution in [3.63, 3.8) is 0 Å². The van der Waals surface area contributed by atoms with Crippen LogP contribution in [0, 0.1) is 0 Å². The molecule has 0 amide bonds. The summed E-state index contributed by atoms with van der Waals surface area (Å²) in [5.74, 6) is 1.38. The highest BCUT2D eigenvalue weighted by atomic mass is 15.1. The second kappa shape index (κ2) is 6.05. The van der Waals surface area contributed by atoms with E-state index in [0.717, 1.165) is 31.9 Å². The minimum Gasteiger partial charge on any atom is -0.351 e. The van der Waals surface area contributed by atoms with Gasteiger partial charge in [0.1, 0.15) is 0 Å². The van der Waals surface area contributed by atoms with Crippen LogP contribution in [0.1, 0.15) is 35.4 Å². The lowest BCUT2D eigenvalue weighted by molar-refractivity contribution is 0.459. The van der Waals surface area contributed by atoms with E-state index in [-0.39, 0.29) is 0 Å². The third-order valence-electron chi connectivity index (χ3n) is 4.87. The molecule has 114 valence electrons. The van der Waals surface area contributed by atoms with Crippen molar-refractivity contribution >= 4 is 5.95 Å². The first-order valence-electron chi connectivity index (χ1n) is 8.24. The van der Waals surface area contributed by atoms with Crippen molar-refractivity contribution in [3.05, 3.63) is 53.3 Å². The minimum atomic E-state index is 0.419. The summed E-state index contributed by atoms with van der Waals surface area (Å²) in [6.45, 7) is 2.20. The number of piperidine rings is 1. The molecule has 0 bridgehead atoms.